The van der Waals surface area contributed by atoms with Gasteiger partial charge in [0.15, 0.2) is 0 Å². The molecule has 0 heterocycles. The Morgan fingerprint density at radius 2 is 1.85 bits per heavy atom. The van der Waals surface area contributed by atoms with Crippen molar-refractivity contribution < 1.29 is 14.6 Å². The normalized spacial score (nSPS) is 12.8. The highest BCUT2D eigenvalue weighted by atomic mass is 79.9. The fourth-order valence-electron chi connectivity index (χ4n) is 0.478. The highest BCUT2D eigenvalue weighted by Gasteiger charge is 2.28. The van der Waals surface area contributed by atoms with Crippen molar-refractivity contribution in [2.45, 2.75) is 32.0 Å². The topological polar surface area (TPSA) is 46.5 Å². The maximum absolute atomic E-state index is 11.3. The summed E-state index contributed by atoms with van der Waals surface area (Å²) in [5, 5.41) is 8.91. The smallest absolute Gasteiger partial charge is 0.322 e. The summed E-state index contributed by atoms with van der Waals surface area (Å²) in [6, 6.07) is 0. The van der Waals surface area contributed by atoms with Crippen molar-refractivity contribution >= 4 is 21.9 Å². The van der Waals surface area contributed by atoms with Gasteiger partial charge < -0.3 is 9.84 Å². The number of carbonyl (C=O) groups excluding carboxylic acids is 1. The molecule has 0 aromatic carbocycles. The standard InChI is InChI=1S/C9H17BrO3/c1-8(2,5-11)6-13-7(12)9(3,4)10/h11H,5-6H2,1-4H3. The average Bonchev–Trinajstić information content (AvgIpc) is 1.98. The van der Waals surface area contributed by atoms with E-state index in [0.29, 0.717) is 0 Å². The molecule has 0 bridgehead atoms. The van der Waals surface area contributed by atoms with Gasteiger partial charge in [-0.15, -0.1) is 0 Å². The molecular weight excluding hydrogens is 236 g/mol. The van der Waals surface area contributed by atoms with Crippen molar-refractivity contribution in [2.75, 3.05) is 13.2 Å². The molecular formula is C9H17BrO3. The summed E-state index contributed by atoms with van der Waals surface area (Å²) in [6.07, 6.45) is 0. The molecule has 0 saturated heterocycles. The van der Waals surface area contributed by atoms with Gasteiger partial charge in [0, 0.05) is 5.41 Å². The molecule has 1 N–H and O–H groups in total. The van der Waals surface area contributed by atoms with E-state index >= 15 is 0 Å². The maximum atomic E-state index is 11.3. The molecule has 0 aliphatic carbocycles. The summed E-state index contributed by atoms with van der Waals surface area (Å²) < 4.78 is 4.36. The second-order valence-electron chi connectivity index (χ2n) is 4.37. The van der Waals surface area contributed by atoms with Crippen LogP contribution in [-0.4, -0.2) is 28.6 Å². The number of hydrogen-bond donors (Lipinski definition) is 1. The first-order valence-corrected chi connectivity index (χ1v) is 4.95. The molecule has 0 spiro atoms. The van der Waals surface area contributed by atoms with Gasteiger partial charge in [0.2, 0.25) is 0 Å². The third-order valence-corrected chi connectivity index (χ3v) is 1.83. The van der Waals surface area contributed by atoms with Crippen LogP contribution in [0.1, 0.15) is 27.7 Å². The lowest BCUT2D eigenvalue weighted by Crippen LogP contribution is -2.32. The van der Waals surface area contributed by atoms with Crippen LogP contribution in [0.3, 0.4) is 0 Å². The molecule has 0 saturated carbocycles. The zero-order chi connectivity index (χ0) is 10.7. The van der Waals surface area contributed by atoms with Crippen molar-refractivity contribution in [3.05, 3.63) is 0 Å². The minimum atomic E-state index is -0.654. The fourth-order valence-corrected chi connectivity index (χ4v) is 0.593. The van der Waals surface area contributed by atoms with Crippen molar-refractivity contribution in [1.82, 2.24) is 0 Å². The Morgan fingerprint density at radius 3 is 2.15 bits per heavy atom. The molecule has 0 atom stereocenters. The summed E-state index contributed by atoms with van der Waals surface area (Å²) >= 11 is 3.20. The lowest BCUT2D eigenvalue weighted by molar-refractivity contribution is -0.149. The van der Waals surface area contributed by atoms with E-state index in [4.69, 9.17) is 9.84 Å². The van der Waals surface area contributed by atoms with E-state index in [1.54, 1.807) is 13.8 Å². The Labute approximate surface area is 87.6 Å². The van der Waals surface area contributed by atoms with Crippen LogP contribution >= 0.6 is 15.9 Å². The molecule has 0 unspecified atom stereocenters. The molecule has 0 radical (unpaired) electrons. The first kappa shape index (κ1) is 12.9. The molecule has 0 aliphatic rings. The van der Waals surface area contributed by atoms with E-state index in [0.717, 1.165) is 0 Å². The third kappa shape index (κ3) is 5.26. The number of hydrogen-bond acceptors (Lipinski definition) is 3. The number of aliphatic hydroxyl groups excluding tert-OH is 1. The Morgan fingerprint density at radius 1 is 1.38 bits per heavy atom. The molecule has 0 aliphatic heterocycles. The molecule has 78 valence electrons. The SMILES string of the molecule is CC(C)(CO)COC(=O)C(C)(C)Br. The maximum Gasteiger partial charge on any atom is 0.322 e. The fraction of sp³-hybridized carbons (Fsp3) is 0.889. The summed E-state index contributed by atoms with van der Waals surface area (Å²) in [5.41, 5.74) is -0.367. The van der Waals surface area contributed by atoms with Crippen molar-refractivity contribution in [3.63, 3.8) is 0 Å². The Bertz CT molecular complexity index is 182. The largest absolute Gasteiger partial charge is 0.464 e. The van der Waals surface area contributed by atoms with E-state index in [9.17, 15) is 4.79 Å². The quantitative estimate of drug-likeness (QED) is 0.613. The van der Waals surface area contributed by atoms with Crippen LogP contribution in [0.4, 0.5) is 0 Å². The monoisotopic (exact) mass is 252 g/mol. The molecule has 0 aromatic heterocycles. The van der Waals surface area contributed by atoms with Gasteiger partial charge in [0.1, 0.15) is 4.32 Å². The van der Waals surface area contributed by atoms with Gasteiger partial charge in [-0.25, -0.2) is 0 Å². The molecule has 0 aromatic rings. The van der Waals surface area contributed by atoms with E-state index in [-0.39, 0.29) is 24.6 Å². The van der Waals surface area contributed by atoms with Crippen LogP contribution < -0.4 is 0 Å². The van der Waals surface area contributed by atoms with Crippen LogP contribution in [-0.2, 0) is 9.53 Å². The summed E-state index contributed by atoms with van der Waals surface area (Å²) in [6.45, 7) is 7.35. The van der Waals surface area contributed by atoms with Gasteiger partial charge in [-0.05, 0) is 13.8 Å². The van der Waals surface area contributed by atoms with Crippen molar-refractivity contribution in [2.24, 2.45) is 5.41 Å². The molecule has 0 rings (SSSR count). The number of ether oxygens (including phenoxy) is 1. The summed E-state index contributed by atoms with van der Waals surface area (Å²) in [4.78, 5) is 11.3. The Kier molecular flexibility index (Phi) is 4.39. The minimum absolute atomic E-state index is 0.00297. The highest BCUT2D eigenvalue weighted by Crippen LogP contribution is 2.20. The van der Waals surface area contributed by atoms with Crippen molar-refractivity contribution in [1.29, 1.82) is 0 Å². The van der Waals surface area contributed by atoms with Gasteiger partial charge in [-0.2, -0.15) is 0 Å². The van der Waals surface area contributed by atoms with Crippen LogP contribution in [0, 0.1) is 5.41 Å². The van der Waals surface area contributed by atoms with E-state index in [2.05, 4.69) is 15.9 Å². The van der Waals surface area contributed by atoms with Gasteiger partial charge >= 0.3 is 5.97 Å². The number of halogens is 1. The van der Waals surface area contributed by atoms with E-state index in [1.165, 1.54) is 0 Å². The van der Waals surface area contributed by atoms with Gasteiger partial charge in [-0.1, -0.05) is 29.8 Å². The van der Waals surface area contributed by atoms with E-state index in [1.807, 2.05) is 13.8 Å². The number of rotatable bonds is 4. The molecule has 4 heteroatoms. The lowest BCUT2D eigenvalue weighted by Gasteiger charge is -2.23. The molecule has 3 nitrogen and oxygen atoms in total. The van der Waals surface area contributed by atoms with Crippen molar-refractivity contribution in [3.8, 4) is 0 Å². The lowest BCUT2D eigenvalue weighted by atomic mass is 9.96. The molecule has 0 fully saturated rings. The predicted octanol–water partition coefficient (Wildman–Crippen LogP) is 1.72. The first-order valence-electron chi connectivity index (χ1n) is 4.16. The number of esters is 1. The number of aliphatic hydroxyl groups is 1. The number of carbonyl (C=O) groups is 1. The zero-order valence-electron chi connectivity index (χ0n) is 8.56. The van der Waals surface area contributed by atoms with E-state index < -0.39 is 4.32 Å². The zero-order valence-corrected chi connectivity index (χ0v) is 10.1. The third-order valence-electron chi connectivity index (χ3n) is 1.51. The second-order valence-corrected chi connectivity index (χ2v) is 6.35. The first-order chi connectivity index (χ1) is 5.69. The van der Waals surface area contributed by atoms with Gasteiger partial charge in [0.05, 0.1) is 13.2 Å². The van der Waals surface area contributed by atoms with Crippen LogP contribution in [0.15, 0.2) is 0 Å². The summed E-state index contributed by atoms with van der Waals surface area (Å²) in [7, 11) is 0. The predicted molar refractivity (Wildman–Crippen MR) is 54.8 cm³/mol. The van der Waals surface area contributed by atoms with Crippen LogP contribution in [0.25, 0.3) is 0 Å². The van der Waals surface area contributed by atoms with Crippen LogP contribution in [0.5, 0.6) is 0 Å². The Balaban J connectivity index is 3.98. The van der Waals surface area contributed by atoms with Gasteiger partial charge in [-0.3, -0.25) is 4.79 Å². The molecule has 0 amide bonds. The minimum Gasteiger partial charge on any atom is -0.464 e. The average molecular weight is 253 g/mol. The number of alkyl halides is 1. The van der Waals surface area contributed by atoms with Crippen LogP contribution in [0.2, 0.25) is 0 Å². The molecule has 13 heavy (non-hydrogen) atoms. The summed E-state index contributed by atoms with van der Waals surface area (Å²) in [5.74, 6) is -0.311. The second kappa shape index (κ2) is 4.42. The Hall–Kier alpha value is -0.0900. The highest BCUT2D eigenvalue weighted by molar-refractivity contribution is 9.10. The van der Waals surface area contributed by atoms with Gasteiger partial charge in [0.25, 0.3) is 0 Å².